The van der Waals surface area contributed by atoms with Crippen LogP contribution in [-0.4, -0.2) is 25.7 Å². The SMILES string of the molecule is O=C(O)Cc1nnc2c(F)cccn12. The number of aliphatic carboxylic acids is 1. The number of carboxylic acids is 1. The molecular weight excluding hydrogens is 189 g/mol. The molecule has 0 fully saturated rings. The van der Waals surface area contributed by atoms with Crippen LogP contribution in [0, 0.1) is 5.82 Å². The highest BCUT2D eigenvalue weighted by Crippen LogP contribution is 2.08. The van der Waals surface area contributed by atoms with Gasteiger partial charge in [-0.15, -0.1) is 10.2 Å². The molecular formula is C8H6FN3O2. The summed E-state index contributed by atoms with van der Waals surface area (Å²) in [6.45, 7) is 0. The number of fused-ring (bicyclic) bond motifs is 1. The molecule has 2 aromatic heterocycles. The van der Waals surface area contributed by atoms with Crippen molar-refractivity contribution in [3.8, 4) is 0 Å². The van der Waals surface area contributed by atoms with E-state index in [-0.39, 0.29) is 17.9 Å². The molecule has 0 aliphatic carbocycles. The van der Waals surface area contributed by atoms with Gasteiger partial charge in [-0.3, -0.25) is 9.20 Å². The lowest BCUT2D eigenvalue weighted by molar-refractivity contribution is -0.136. The van der Waals surface area contributed by atoms with E-state index in [1.165, 1.54) is 22.7 Å². The third-order valence-electron chi connectivity index (χ3n) is 1.77. The van der Waals surface area contributed by atoms with Crippen LogP contribution in [-0.2, 0) is 11.2 Å². The van der Waals surface area contributed by atoms with Crippen molar-refractivity contribution >= 4 is 11.6 Å². The number of carboxylic acid groups (broad SMARTS) is 1. The minimum absolute atomic E-state index is 0.0451. The molecule has 0 spiro atoms. The number of halogens is 1. The molecule has 5 nitrogen and oxygen atoms in total. The minimum Gasteiger partial charge on any atom is -0.481 e. The lowest BCUT2D eigenvalue weighted by atomic mass is 10.4. The average molecular weight is 195 g/mol. The van der Waals surface area contributed by atoms with Crippen LogP contribution in [0.25, 0.3) is 5.65 Å². The third-order valence-corrected chi connectivity index (χ3v) is 1.77. The van der Waals surface area contributed by atoms with Crippen LogP contribution in [0.4, 0.5) is 4.39 Å². The van der Waals surface area contributed by atoms with Crippen LogP contribution in [0.3, 0.4) is 0 Å². The van der Waals surface area contributed by atoms with Crippen LogP contribution in [0.1, 0.15) is 5.82 Å². The maximum atomic E-state index is 13.1. The summed E-state index contributed by atoms with van der Waals surface area (Å²) in [6.07, 6.45) is 1.25. The summed E-state index contributed by atoms with van der Waals surface area (Å²) in [6, 6.07) is 2.71. The lowest BCUT2D eigenvalue weighted by Gasteiger charge is -1.95. The van der Waals surface area contributed by atoms with Crippen molar-refractivity contribution in [2.24, 2.45) is 0 Å². The summed E-state index contributed by atoms with van der Waals surface area (Å²) in [7, 11) is 0. The first-order valence-electron chi connectivity index (χ1n) is 3.88. The van der Waals surface area contributed by atoms with Gasteiger partial charge in [-0.25, -0.2) is 4.39 Å². The summed E-state index contributed by atoms with van der Waals surface area (Å²) in [4.78, 5) is 10.4. The van der Waals surface area contributed by atoms with E-state index in [1.807, 2.05) is 0 Å². The predicted octanol–water partition coefficient (Wildman–Crippen LogP) is 0.495. The van der Waals surface area contributed by atoms with Gasteiger partial charge in [-0.1, -0.05) is 0 Å². The zero-order valence-electron chi connectivity index (χ0n) is 7.01. The van der Waals surface area contributed by atoms with Crippen molar-refractivity contribution in [1.82, 2.24) is 14.6 Å². The van der Waals surface area contributed by atoms with Crippen LogP contribution >= 0.6 is 0 Å². The highest BCUT2D eigenvalue weighted by atomic mass is 19.1. The molecule has 6 heteroatoms. The number of rotatable bonds is 2. The fourth-order valence-electron chi connectivity index (χ4n) is 1.19. The van der Waals surface area contributed by atoms with Gasteiger partial charge < -0.3 is 5.11 Å². The van der Waals surface area contributed by atoms with Gasteiger partial charge in [0.2, 0.25) is 0 Å². The van der Waals surface area contributed by atoms with Gasteiger partial charge in [0, 0.05) is 6.20 Å². The second kappa shape index (κ2) is 3.06. The van der Waals surface area contributed by atoms with Crippen molar-refractivity contribution in [2.75, 3.05) is 0 Å². The molecule has 0 saturated heterocycles. The lowest BCUT2D eigenvalue weighted by Crippen LogP contribution is -2.04. The van der Waals surface area contributed by atoms with E-state index in [0.29, 0.717) is 0 Å². The molecule has 0 atom stereocenters. The fraction of sp³-hybridized carbons (Fsp3) is 0.125. The minimum atomic E-state index is -1.02. The zero-order valence-corrected chi connectivity index (χ0v) is 7.01. The first-order valence-corrected chi connectivity index (χ1v) is 3.88. The number of hydrogen-bond donors (Lipinski definition) is 1. The second-order valence-electron chi connectivity index (χ2n) is 2.74. The smallest absolute Gasteiger partial charge is 0.311 e. The van der Waals surface area contributed by atoms with Crippen molar-refractivity contribution in [3.05, 3.63) is 30.0 Å². The monoisotopic (exact) mass is 195 g/mol. The zero-order chi connectivity index (χ0) is 10.1. The van der Waals surface area contributed by atoms with Gasteiger partial charge in [0.15, 0.2) is 11.5 Å². The second-order valence-corrected chi connectivity index (χ2v) is 2.74. The van der Waals surface area contributed by atoms with Gasteiger partial charge in [-0.2, -0.15) is 0 Å². The Kier molecular flexibility index (Phi) is 1.88. The van der Waals surface area contributed by atoms with Gasteiger partial charge in [-0.05, 0) is 12.1 Å². The quantitative estimate of drug-likeness (QED) is 0.757. The Morgan fingerprint density at radius 3 is 3.07 bits per heavy atom. The average Bonchev–Trinajstić information content (AvgIpc) is 2.49. The highest BCUT2D eigenvalue weighted by molar-refractivity contribution is 5.69. The van der Waals surface area contributed by atoms with Crippen LogP contribution in [0.5, 0.6) is 0 Å². The van der Waals surface area contributed by atoms with Crippen molar-refractivity contribution < 1.29 is 14.3 Å². The van der Waals surface area contributed by atoms with Crippen LogP contribution < -0.4 is 0 Å². The molecule has 14 heavy (non-hydrogen) atoms. The molecule has 0 aromatic carbocycles. The molecule has 2 aromatic rings. The molecule has 0 saturated carbocycles. The maximum absolute atomic E-state index is 13.1. The van der Waals surface area contributed by atoms with Gasteiger partial charge in [0.25, 0.3) is 0 Å². The van der Waals surface area contributed by atoms with E-state index in [2.05, 4.69) is 10.2 Å². The van der Waals surface area contributed by atoms with Crippen LogP contribution in [0.2, 0.25) is 0 Å². The van der Waals surface area contributed by atoms with Crippen molar-refractivity contribution in [3.63, 3.8) is 0 Å². The Hall–Kier alpha value is -1.98. The number of pyridine rings is 1. The van der Waals surface area contributed by atoms with Crippen LogP contribution in [0.15, 0.2) is 18.3 Å². The molecule has 2 rings (SSSR count). The molecule has 0 aliphatic rings. The summed E-state index contributed by atoms with van der Waals surface area (Å²) in [5.74, 6) is -1.33. The number of aromatic nitrogens is 3. The fourth-order valence-corrected chi connectivity index (χ4v) is 1.19. The predicted molar refractivity (Wildman–Crippen MR) is 44.3 cm³/mol. The topological polar surface area (TPSA) is 67.5 Å². The van der Waals surface area contributed by atoms with E-state index in [0.717, 1.165) is 0 Å². The Morgan fingerprint density at radius 2 is 2.36 bits per heavy atom. The summed E-state index contributed by atoms with van der Waals surface area (Å²) < 4.78 is 14.4. The van der Waals surface area contributed by atoms with Gasteiger partial charge in [0.1, 0.15) is 12.2 Å². The van der Waals surface area contributed by atoms with Gasteiger partial charge >= 0.3 is 5.97 Å². The van der Waals surface area contributed by atoms with Crippen molar-refractivity contribution in [1.29, 1.82) is 0 Å². The largest absolute Gasteiger partial charge is 0.481 e. The maximum Gasteiger partial charge on any atom is 0.311 e. The standard InChI is InChI=1S/C8H6FN3O2/c9-5-2-1-3-12-6(4-7(13)14)10-11-8(5)12/h1-3H,4H2,(H,13,14). The number of nitrogens with zero attached hydrogens (tertiary/aromatic N) is 3. The van der Waals surface area contributed by atoms with E-state index in [4.69, 9.17) is 5.11 Å². The molecule has 72 valence electrons. The molecule has 1 N–H and O–H groups in total. The molecule has 0 aliphatic heterocycles. The summed E-state index contributed by atoms with van der Waals surface area (Å²) >= 11 is 0. The highest BCUT2D eigenvalue weighted by Gasteiger charge is 2.11. The summed E-state index contributed by atoms with van der Waals surface area (Å²) in [5, 5.41) is 15.7. The number of hydrogen-bond acceptors (Lipinski definition) is 3. The molecule has 2 heterocycles. The Balaban J connectivity index is 2.58. The molecule has 0 radical (unpaired) electrons. The Bertz CT molecular complexity index is 494. The Morgan fingerprint density at radius 1 is 1.57 bits per heavy atom. The first kappa shape index (κ1) is 8.61. The first-order chi connectivity index (χ1) is 6.68. The molecule has 0 bridgehead atoms. The van der Waals surface area contributed by atoms with E-state index >= 15 is 0 Å². The van der Waals surface area contributed by atoms with Crippen molar-refractivity contribution in [2.45, 2.75) is 6.42 Å². The molecule has 0 amide bonds. The normalized spacial score (nSPS) is 10.6. The van der Waals surface area contributed by atoms with E-state index < -0.39 is 11.8 Å². The van der Waals surface area contributed by atoms with E-state index in [1.54, 1.807) is 0 Å². The van der Waals surface area contributed by atoms with Gasteiger partial charge in [0.05, 0.1) is 0 Å². The van der Waals surface area contributed by atoms with E-state index in [9.17, 15) is 9.18 Å². The third kappa shape index (κ3) is 1.30. The Labute approximate surface area is 77.8 Å². The molecule has 0 unspecified atom stereocenters. The number of carbonyl (C=O) groups is 1. The summed E-state index contributed by atoms with van der Waals surface area (Å²) in [5.41, 5.74) is 0.0451.